The van der Waals surface area contributed by atoms with Gasteiger partial charge in [0.15, 0.2) is 0 Å². The number of benzene rings is 1. The van der Waals surface area contributed by atoms with E-state index in [1.54, 1.807) is 32.2 Å². The van der Waals surface area contributed by atoms with Gasteiger partial charge >= 0.3 is 6.03 Å². The molecule has 2 aromatic rings. The Morgan fingerprint density at radius 3 is 2.67 bits per heavy atom. The van der Waals surface area contributed by atoms with Crippen molar-refractivity contribution in [1.82, 2.24) is 20.4 Å². The van der Waals surface area contributed by atoms with E-state index in [-0.39, 0.29) is 18.3 Å². The van der Waals surface area contributed by atoms with Crippen molar-refractivity contribution >= 4 is 11.9 Å². The van der Waals surface area contributed by atoms with Crippen molar-refractivity contribution in [2.24, 2.45) is 0 Å². The molecule has 1 N–H and O–H groups in total. The van der Waals surface area contributed by atoms with Crippen molar-refractivity contribution < 1.29 is 23.6 Å². The second kappa shape index (κ2) is 9.15. The molecule has 162 valence electrons. The minimum absolute atomic E-state index is 0.0827. The van der Waals surface area contributed by atoms with Crippen molar-refractivity contribution in [2.45, 2.75) is 58.0 Å². The lowest BCUT2D eigenvalue weighted by Gasteiger charge is -2.21. The van der Waals surface area contributed by atoms with Gasteiger partial charge in [-0.3, -0.25) is 9.69 Å². The summed E-state index contributed by atoms with van der Waals surface area (Å²) >= 11 is 0. The van der Waals surface area contributed by atoms with Crippen LogP contribution in [0.4, 0.5) is 4.79 Å². The Labute approximate surface area is 175 Å². The van der Waals surface area contributed by atoms with Crippen LogP contribution in [-0.2, 0) is 11.3 Å². The first-order valence-electron chi connectivity index (χ1n) is 10.1. The molecule has 9 heteroatoms. The third-order valence-electron chi connectivity index (χ3n) is 5.29. The Morgan fingerprint density at radius 1 is 1.17 bits per heavy atom. The van der Waals surface area contributed by atoms with Gasteiger partial charge in [-0.05, 0) is 25.5 Å². The Bertz CT molecular complexity index is 913. The molecule has 1 atom stereocenters. The normalized spacial score (nSPS) is 18.6. The van der Waals surface area contributed by atoms with E-state index in [0.717, 1.165) is 30.6 Å². The molecule has 0 unspecified atom stereocenters. The molecule has 0 saturated carbocycles. The molecule has 1 aliphatic heterocycles. The lowest BCUT2D eigenvalue weighted by atomic mass is 9.94. The number of hydrogen-bond donors (Lipinski definition) is 1. The zero-order chi connectivity index (χ0) is 21.7. The lowest BCUT2D eigenvalue weighted by Crippen LogP contribution is -2.43. The standard InChI is InChI=1S/C21H28N4O5/c1-5-6-7-8-11-21(2)19(26)25(20(27)23-21)13-17-22-18(24-30-17)15-10-9-14(28-3)12-16(15)29-4/h9-10,12H,5-8,11,13H2,1-4H3,(H,23,27)/t21-/m1/s1. The van der Waals surface area contributed by atoms with Crippen molar-refractivity contribution in [3.8, 4) is 22.9 Å². The van der Waals surface area contributed by atoms with Crippen LogP contribution in [0, 0.1) is 0 Å². The summed E-state index contributed by atoms with van der Waals surface area (Å²) < 4.78 is 15.9. The van der Waals surface area contributed by atoms with Crippen LogP contribution in [0.5, 0.6) is 11.5 Å². The van der Waals surface area contributed by atoms with Crippen molar-refractivity contribution in [3.63, 3.8) is 0 Å². The molecule has 0 radical (unpaired) electrons. The number of hydrogen-bond acceptors (Lipinski definition) is 7. The average Bonchev–Trinajstić information content (AvgIpc) is 3.29. The van der Waals surface area contributed by atoms with Gasteiger partial charge in [0.05, 0.1) is 19.8 Å². The third-order valence-corrected chi connectivity index (χ3v) is 5.29. The molecule has 0 aliphatic carbocycles. The Kier molecular flexibility index (Phi) is 6.59. The summed E-state index contributed by atoms with van der Waals surface area (Å²) in [5.41, 5.74) is -0.279. The second-order valence-electron chi connectivity index (χ2n) is 7.54. The summed E-state index contributed by atoms with van der Waals surface area (Å²) in [6.45, 7) is 3.81. The van der Waals surface area contributed by atoms with Gasteiger partial charge in [-0.25, -0.2) is 4.79 Å². The number of rotatable bonds is 10. The zero-order valence-corrected chi connectivity index (χ0v) is 17.9. The number of methoxy groups -OCH3 is 2. The van der Waals surface area contributed by atoms with Crippen LogP contribution in [0.25, 0.3) is 11.4 Å². The SMILES string of the molecule is CCCCCC[C@@]1(C)NC(=O)N(Cc2nc(-c3ccc(OC)cc3OC)no2)C1=O. The molecule has 3 amide bonds. The second-order valence-corrected chi connectivity index (χ2v) is 7.54. The average molecular weight is 416 g/mol. The van der Waals surface area contributed by atoms with Crippen molar-refractivity contribution in [3.05, 3.63) is 24.1 Å². The van der Waals surface area contributed by atoms with E-state index < -0.39 is 11.6 Å². The summed E-state index contributed by atoms with van der Waals surface area (Å²) in [5.74, 6) is 1.36. The fourth-order valence-electron chi connectivity index (χ4n) is 3.51. The molecule has 2 heterocycles. The number of aromatic nitrogens is 2. The minimum atomic E-state index is -0.896. The van der Waals surface area contributed by atoms with Crippen molar-refractivity contribution in [2.75, 3.05) is 14.2 Å². The van der Waals surface area contributed by atoms with Crippen LogP contribution in [0.15, 0.2) is 22.7 Å². The molecule has 0 spiro atoms. The van der Waals surface area contributed by atoms with Crippen LogP contribution >= 0.6 is 0 Å². The van der Waals surface area contributed by atoms with Gasteiger partial charge in [0.25, 0.3) is 5.91 Å². The summed E-state index contributed by atoms with van der Waals surface area (Å²) in [5, 5.41) is 6.78. The summed E-state index contributed by atoms with van der Waals surface area (Å²) in [4.78, 5) is 30.8. The maximum Gasteiger partial charge on any atom is 0.325 e. The highest BCUT2D eigenvalue weighted by molar-refractivity contribution is 6.06. The lowest BCUT2D eigenvalue weighted by molar-refractivity contribution is -0.131. The molecule has 1 fully saturated rings. The van der Waals surface area contributed by atoms with Crippen LogP contribution in [0.1, 0.15) is 51.8 Å². The van der Waals surface area contributed by atoms with Gasteiger partial charge < -0.3 is 19.3 Å². The molecule has 1 aromatic carbocycles. The van der Waals surface area contributed by atoms with E-state index >= 15 is 0 Å². The number of carbonyl (C=O) groups excluding carboxylic acids is 2. The molecular weight excluding hydrogens is 388 g/mol. The molecule has 3 rings (SSSR count). The Balaban J connectivity index is 1.71. The van der Waals surface area contributed by atoms with Gasteiger partial charge in [-0.2, -0.15) is 4.98 Å². The quantitative estimate of drug-likeness (QED) is 0.466. The predicted octanol–water partition coefficient (Wildman–Crippen LogP) is 3.53. The van der Waals surface area contributed by atoms with Gasteiger partial charge in [0.1, 0.15) is 23.6 Å². The van der Waals surface area contributed by atoms with E-state index in [1.165, 1.54) is 7.11 Å². The van der Waals surface area contributed by atoms with Gasteiger partial charge in [-0.1, -0.05) is 37.8 Å². The fraction of sp³-hybridized carbons (Fsp3) is 0.524. The van der Waals surface area contributed by atoms with E-state index in [9.17, 15) is 9.59 Å². The molecule has 9 nitrogen and oxygen atoms in total. The minimum Gasteiger partial charge on any atom is -0.497 e. The first kappa shape index (κ1) is 21.6. The van der Waals surface area contributed by atoms with Crippen LogP contribution < -0.4 is 14.8 Å². The molecular formula is C21H28N4O5. The molecule has 30 heavy (non-hydrogen) atoms. The summed E-state index contributed by atoms with van der Waals surface area (Å²) in [6.07, 6.45) is 4.74. The van der Waals surface area contributed by atoms with Gasteiger partial charge in [-0.15, -0.1) is 0 Å². The highest BCUT2D eigenvalue weighted by atomic mass is 16.5. The van der Waals surface area contributed by atoms with Crippen LogP contribution in [0.3, 0.4) is 0 Å². The van der Waals surface area contributed by atoms with Crippen LogP contribution in [-0.4, -0.2) is 46.7 Å². The number of urea groups is 1. The van der Waals surface area contributed by atoms with Gasteiger partial charge in [0.2, 0.25) is 11.7 Å². The van der Waals surface area contributed by atoms with E-state index in [1.807, 2.05) is 0 Å². The largest absolute Gasteiger partial charge is 0.497 e. The fourth-order valence-corrected chi connectivity index (χ4v) is 3.51. The number of nitrogens with zero attached hydrogens (tertiary/aromatic N) is 3. The van der Waals surface area contributed by atoms with Crippen LogP contribution in [0.2, 0.25) is 0 Å². The zero-order valence-electron chi connectivity index (χ0n) is 17.9. The molecule has 0 bridgehead atoms. The number of imide groups is 1. The molecule has 1 aliphatic rings. The summed E-state index contributed by atoms with van der Waals surface area (Å²) in [6, 6.07) is 4.79. The Hall–Kier alpha value is -3.10. The smallest absolute Gasteiger partial charge is 0.325 e. The number of carbonyl (C=O) groups is 2. The number of amides is 3. The third kappa shape index (κ3) is 4.39. The van der Waals surface area contributed by atoms with Gasteiger partial charge in [0, 0.05) is 6.07 Å². The molecule has 1 aromatic heterocycles. The number of unbranched alkanes of at least 4 members (excludes halogenated alkanes) is 3. The highest BCUT2D eigenvalue weighted by Crippen LogP contribution is 2.32. The maximum atomic E-state index is 12.9. The van der Waals surface area contributed by atoms with E-state index in [4.69, 9.17) is 14.0 Å². The summed E-state index contributed by atoms with van der Waals surface area (Å²) in [7, 11) is 3.10. The number of ether oxygens (including phenoxy) is 2. The highest BCUT2D eigenvalue weighted by Gasteiger charge is 2.47. The number of nitrogens with one attached hydrogen (secondary N) is 1. The monoisotopic (exact) mass is 416 g/mol. The van der Waals surface area contributed by atoms with E-state index in [2.05, 4.69) is 22.4 Å². The van der Waals surface area contributed by atoms with Crippen molar-refractivity contribution in [1.29, 1.82) is 0 Å². The first-order chi connectivity index (χ1) is 14.4. The molecule has 1 saturated heterocycles. The topological polar surface area (TPSA) is 107 Å². The predicted molar refractivity (Wildman–Crippen MR) is 109 cm³/mol. The first-order valence-corrected chi connectivity index (χ1v) is 10.1. The Morgan fingerprint density at radius 2 is 1.97 bits per heavy atom. The maximum absolute atomic E-state index is 12.9. The van der Waals surface area contributed by atoms with E-state index in [0.29, 0.717) is 29.3 Å².